The number of nitrogens with one attached hydrogen (secondary N) is 1. The van der Waals surface area contributed by atoms with Gasteiger partial charge in [-0.05, 0) is 26.2 Å². The molecule has 1 fully saturated rings. The van der Waals surface area contributed by atoms with E-state index in [0.717, 1.165) is 26.2 Å². The standard InChI is InChI=1S/C12H19N3S/c1-9-7-15(6-5-13-9)8-12-14-10-3-2-4-11(10)16-12/h9,13H,2-8H2,1H3. The van der Waals surface area contributed by atoms with E-state index in [2.05, 4.69) is 17.1 Å². The molecule has 1 saturated heterocycles. The Morgan fingerprint density at radius 1 is 1.50 bits per heavy atom. The van der Waals surface area contributed by atoms with E-state index >= 15 is 0 Å². The minimum atomic E-state index is 0.626. The Balaban J connectivity index is 1.65. The Bertz CT molecular complexity index is 353. The fourth-order valence-electron chi connectivity index (χ4n) is 2.66. The molecule has 4 heteroatoms. The smallest absolute Gasteiger partial charge is 0.107 e. The molecule has 0 saturated carbocycles. The van der Waals surface area contributed by atoms with E-state index in [1.807, 2.05) is 11.3 Å². The number of thiazole rings is 1. The van der Waals surface area contributed by atoms with E-state index in [0.29, 0.717) is 6.04 Å². The molecule has 1 aromatic heterocycles. The van der Waals surface area contributed by atoms with Crippen LogP contribution in [0, 0.1) is 0 Å². The number of fused-ring (bicyclic) bond motifs is 1. The fourth-order valence-corrected chi connectivity index (χ4v) is 3.86. The maximum absolute atomic E-state index is 4.77. The molecule has 1 aromatic rings. The number of hydrogen-bond acceptors (Lipinski definition) is 4. The van der Waals surface area contributed by atoms with Gasteiger partial charge in [0.05, 0.1) is 12.2 Å². The molecule has 0 aromatic carbocycles. The molecule has 2 aliphatic rings. The number of hydrogen-bond donors (Lipinski definition) is 1. The summed E-state index contributed by atoms with van der Waals surface area (Å²) in [4.78, 5) is 8.84. The quantitative estimate of drug-likeness (QED) is 0.843. The highest BCUT2D eigenvalue weighted by atomic mass is 32.1. The molecule has 16 heavy (non-hydrogen) atoms. The SMILES string of the molecule is CC1CN(Cc2nc3c(s2)CCC3)CCN1. The van der Waals surface area contributed by atoms with Crippen LogP contribution in [0.2, 0.25) is 0 Å². The Labute approximate surface area is 101 Å². The highest BCUT2D eigenvalue weighted by Gasteiger charge is 2.20. The number of aryl methyl sites for hydroxylation is 2. The van der Waals surface area contributed by atoms with E-state index in [-0.39, 0.29) is 0 Å². The number of nitrogens with zero attached hydrogens (tertiary/aromatic N) is 2. The van der Waals surface area contributed by atoms with Crippen molar-refractivity contribution in [3.8, 4) is 0 Å². The van der Waals surface area contributed by atoms with Gasteiger partial charge < -0.3 is 5.32 Å². The zero-order chi connectivity index (χ0) is 11.0. The highest BCUT2D eigenvalue weighted by molar-refractivity contribution is 7.11. The molecular weight excluding hydrogens is 218 g/mol. The highest BCUT2D eigenvalue weighted by Crippen LogP contribution is 2.28. The predicted molar refractivity (Wildman–Crippen MR) is 66.9 cm³/mol. The van der Waals surface area contributed by atoms with Crippen LogP contribution >= 0.6 is 11.3 Å². The Morgan fingerprint density at radius 3 is 3.25 bits per heavy atom. The molecular formula is C12H19N3S. The summed E-state index contributed by atoms with van der Waals surface area (Å²) in [5, 5.41) is 4.81. The van der Waals surface area contributed by atoms with E-state index in [1.165, 1.54) is 30.0 Å². The molecule has 1 unspecified atom stereocenters. The van der Waals surface area contributed by atoms with Crippen molar-refractivity contribution >= 4 is 11.3 Å². The lowest BCUT2D eigenvalue weighted by Crippen LogP contribution is -2.48. The summed E-state index contributed by atoms with van der Waals surface area (Å²) in [6.07, 6.45) is 3.80. The largest absolute Gasteiger partial charge is 0.312 e. The minimum Gasteiger partial charge on any atom is -0.312 e. The van der Waals surface area contributed by atoms with Gasteiger partial charge in [0.2, 0.25) is 0 Å². The molecule has 1 aliphatic carbocycles. The van der Waals surface area contributed by atoms with Crippen LogP contribution in [0.15, 0.2) is 0 Å². The molecule has 0 spiro atoms. The average molecular weight is 237 g/mol. The summed E-state index contributed by atoms with van der Waals surface area (Å²) in [6.45, 7) is 6.75. The van der Waals surface area contributed by atoms with Crippen LogP contribution in [-0.2, 0) is 19.4 Å². The van der Waals surface area contributed by atoms with Gasteiger partial charge in [0.1, 0.15) is 5.01 Å². The van der Waals surface area contributed by atoms with Crippen molar-refractivity contribution in [1.82, 2.24) is 15.2 Å². The van der Waals surface area contributed by atoms with Crippen LogP contribution in [0.3, 0.4) is 0 Å². The van der Waals surface area contributed by atoms with Crippen LogP contribution in [0.25, 0.3) is 0 Å². The molecule has 1 atom stereocenters. The van der Waals surface area contributed by atoms with Crippen molar-refractivity contribution in [2.75, 3.05) is 19.6 Å². The van der Waals surface area contributed by atoms with Gasteiger partial charge >= 0.3 is 0 Å². The molecule has 1 aliphatic heterocycles. The second-order valence-corrected chi connectivity index (χ2v) is 6.09. The van der Waals surface area contributed by atoms with Crippen LogP contribution in [0.4, 0.5) is 0 Å². The minimum absolute atomic E-state index is 0.626. The van der Waals surface area contributed by atoms with Crippen LogP contribution in [-0.4, -0.2) is 35.6 Å². The molecule has 0 radical (unpaired) electrons. The molecule has 88 valence electrons. The molecule has 1 N–H and O–H groups in total. The van der Waals surface area contributed by atoms with Crippen LogP contribution in [0.5, 0.6) is 0 Å². The second kappa shape index (κ2) is 4.43. The van der Waals surface area contributed by atoms with Gasteiger partial charge in [-0.1, -0.05) is 0 Å². The summed E-state index contributed by atoms with van der Waals surface area (Å²) in [5.41, 5.74) is 1.39. The number of piperazine rings is 1. The Hall–Kier alpha value is -0.450. The van der Waals surface area contributed by atoms with Crippen molar-refractivity contribution in [1.29, 1.82) is 0 Å². The van der Waals surface area contributed by atoms with Gasteiger partial charge in [0, 0.05) is 30.6 Å². The van der Waals surface area contributed by atoms with E-state index in [9.17, 15) is 0 Å². The van der Waals surface area contributed by atoms with Gasteiger partial charge in [-0.15, -0.1) is 11.3 Å². The van der Waals surface area contributed by atoms with Gasteiger partial charge in [0.25, 0.3) is 0 Å². The van der Waals surface area contributed by atoms with E-state index < -0.39 is 0 Å². The molecule has 2 heterocycles. The van der Waals surface area contributed by atoms with E-state index in [1.54, 1.807) is 4.88 Å². The van der Waals surface area contributed by atoms with Crippen molar-refractivity contribution in [3.05, 3.63) is 15.6 Å². The average Bonchev–Trinajstić information content (AvgIpc) is 2.77. The molecule has 3 rings (SSSR count). The fraction of sp³-hybridized carbons (Fsp3) is 0.750. The van der Waals surface area contributed by atoms with Crippen LogP contribution in [0.1, 0.15) is 28.9 Å². The summed E-state index contributed by atoms with van der Waals surface area (Å²) < 4.78 is 0. The van der Waals surface area contributed by atoms with Crippen molar-refractivity contribution in [2.45, 2.75) is 38.8 Å². The normalized spacial score (nSPS) is 25.9. The summed E-state index contributed by atoms with van der Waals surface area (Å²) in [6, 6.07) is 0.626. The third-order valence-corrected chi connectivity index (χ3v) is 4.59. The first-order chi connectivity index (χ1) is 7.81. The van der Waals surface area contributed by atoms with Gasteiger partial charge in [-0.25, -0.2) is 4.98 Å². The van der Waals surface area contributed by atoms with Crippen molar-refractivity contribution in [3.63, 3.8) is 0 Å². The van der Waals surface area contributed by atoms with Crippen molar-refractivity contribution < 1.29 is 0 Å². The van der Waals surface area contributed by atoms with Crippen LogP contribution < -0.4 is 5.32 Å². The van der Waals surface area contributed by atoms with Gasteiger partial charge in [-0.2, -0.15) is 0 Å². The van der Waals surface area contributed by atoms with Gasteiger partial charge in [0.15, 0.2) is 0 Å². The summed E-state index contributed by atoms with van der Waals surface area (Å²) >= 11 is 1.94. The third kappa shape index (κ3) is 2.14. The summed E-state index contributed by atoms with van der Waals surface area (Å²) in [7, 11) is 0. The lowest BCUT2D eigenvalue weighted by atomic mass is 10.2. The maximum atomic E-state index is 4.77. The van der Waals surface area contributed by atoms with Crippen molar-refractivity contribution in [2.24, 2.45) is 0 Å². The van der Waals surface area contributed by atoms with Gasteiger partial charge in [-0.3, -0.25) is 4.90 Å². The molecule has 0 amide bonds. The first kappa shape index (κ1) is 10.7. The Morgan fingerprint density at radius 2 is 2.44 bits per heavy atom. The molecule has 3 nitrogen and oxygen atoms in total. The first-order valence-electron chi connectivity index (χ1n) is 6.24. The molecule has 0 bridgehead atoms. The predicted octanol–water partition coefficient (Wildman–Crippen LogP) is 1.43. The zero-order valence-electron chi connectivity index (χ0n) is 9.83. The maximum Gasteiger partial charge on any atom is 0.107 e. The monoisotopic (exact) mass is 237 g/mol. The lowest BCUT2D eigenvalue weighted by Gasteiger charge is -2.31. The topological polar surface area (TPSA) is 28.2 Å². The van der Waals surface area contributed by atoms with E-state index in [4.69, 9.17) is 4.98 Å². The number of aromatic nitrogens is 1. The summed E-state index contributed by atoms with van der Waals surface area (Å²) in [5.74, 6) is 0. The second-order valence-electron chi connectivity index (χ2n) is 4.92. The number of rotatable bonds is 2. The first-order valence-corrected chi connectivity index (χ1v) is 7.06. The zero-order valence-corrected chi connectivity index (χ0v) is 10.6. The Kier molecular flexibility index (Phi) is 2.96. The lowest BCUT2D eigenvalue weighted by molar-refractivity contribution is 0.199. The third-order valence-electron chi connectivity index (χ3n) is 3.45.